The number of rotatable bonds is 5. The molecule has 27 heavy (non-hydrogen) atoms. The Bertz CT molecular complexity index is 957. The highest BCUT2D eigenvalue weighted by Gasteiger charge is 2.28. The third-order valence-corrected chi connectivity index (χ3v) is 3.71. The summed E-state index contributed by atoms with van der Waals surface area (Å²) >= 11 is 0. The van der Waals surface area contributed by atoms with Gasteiger partial charge in [-0.25, -0.2) is 14.0 Å². The van der Waals surface area contributed by atoms with Gasteiger partial charge >= 0.3 is 12.0 Å². The topological polar surface area (TPSA) is 117 Å². The second-order valence-electron chi connectivity index (χ2n) is 5.64. The van der Waals surface area contributed by atoms with Gasteiger partial charge in [0.15, 0.2) is 5.76 Å². The molecule has 2 heterocycles. The lowest BCUT2D eigenvalue weighted by molar-refractivity contribution is 0.0694. The fourth-order valence-corrected chi connectivity index (χ4v) is 2.48. The standard InChI is InChI=1S/C18H15FN4O4/c1-10(21-18(26)22-13-3-2-8-20-9-13)16-14(17(24)25)15(23-27-16)11-4-6-12(19)7-5-11/h2-10H,1H3,(H,24,25)(H2,21,22,26). The number of carboxylic acids is 1. The first-order valence-electron chi connectivity index (χ1n) is 7.92. The molecule has 138 valence electrons. The summed E-state index contributed by atoms with van der Waals surface area (Å²) in [5, 5.41) is 18.5. The van der Waals surface area contributed by atoms with E-state index in [0.717, 1.165) is 0 Å². The number of amides is 2. The van der Waals surface area contributed by atoms with Crippen LogP contribution in [0.25, 0.3) is 11.3 Å². The van der Waals surface area contributed by atoms with Gasteiger partial charge in [0, 0.05) is 11.8 Å². The van der Waals surface area contributed by atoms with Crippen LogP contribution in [0.3, 0.4) is 0 Å². The molecule has 0 aliphatic rings. The maximum Gasteiger partial charge on any atom is 0.341 e. The number of carbonyl (C=O) groups excluding carboxylic acids is 1. The highest BCUT2D eigenvalue weighted by molar-refractivity contribution is 5.96. The number of aromatic nitrogens is 2. The minimum absolute atomic E-state index is 0.0249. The van der Waals surface area contributed by atoms with E-state index in [1.165, 1.54) is 30.5 Å². The predicted molar refractivity (Wildman–Crippen MR) is 93.7 cm³/mol. The van der Waals surface area contributed by atoms with E-state index in [0.29, 0.717) is 11.3 Å². The maximum absolute atomic E-state index is 13.1. The van der Waals surface area contributed by atoms with Gasteiger partial charge in [0.2, 0.25) is 0 Å². The first kappa shape index (κ1) is 18.1. The lowest BCUT2D eigenvalue weighted by Gasteiger charge is -2.12. The van der Waals surface area contributed by atoms with E-state index >= 15 is 0 Å². The Kier molecular flexibility index (Phi) is 5.11. The van der Waals surface area contributed by atoms with Crippen LogP contribution in [0.2, 0.25) is 0 Å². The molecule has 9 heteroatoms. The van der Waals surface area contributed by atoms with Gasteiger partial charge < -0.3 is 20.3 Å². The van der Waals surface area contributed by atoms with Crippen LogP contribution in [0.4, 0.5) is 14.9 Å². The first-order chi connectivity index (χ1) is 13.0. The van der Waals surface area contributed by atoms with Crippen molar-refractivity contribution in [2.75, 3.05) is 5.32 Å². The monoisotopic (exact) mass is 370 g/mol. The first-order valence-corrected chi connectivity index (χ1v) is 7.92. The van der Waals surface area contributed by atoms with Gasteiger partial charge in [-0.1, -0.05) is 5.16 Å². The van der Waals surface area contributed by atoms with Crippen LogP contribution in [0, 0.1) is 5.82 Å². The van der Waals surface area contributed by atoms with E-state index < -0.39 is 23.9 Å². The quantitative estimate of drug-likeness (QED) is 0.633. The van der Waals surface area contributed by atoms with Gasteiger partial charge in [-0.05, 0) is 43.3 Å². The van der Waals surface area contributed by atoms with Crippen LogP contribution in [0.15, 0.2) is 53.3 Å². The molecule has 2 aromatic heterocycles. The maximum atomic E-state index is 13.1. The smallest absolute Gasteiger partial charge is 0.341 e. The van der Waals surface area contributed by atoms with Crippen LogP contribution in [0.5, 0.6) is 0 Å². The van der Waals surface area contributed by atoms with Crippen molar-refractivity contribution < 1.29 is 23.6 Å². The highest BCUT2D eigenvalue weighted by Crippen LogP contribution is 2.29. The summed E-state index contributed by atoms with van der Waals surface area (Å²) in [6, 6.07) is 7.15. The molecule has 0 aliphatic carbocycles. The molecule has 0 radical (unpaired) electrons. The normalized spacial score (nSPS) is 11.6. The summed E-state index contributed by atoms with van der Waals surface area (Å²) in [5.74, 6) is -1.75. The van der Waals surface area contributed by atoms with Crippen molar-refractivity contribution >= 4 is 17.7 Å². The van der Waals surface area contributed by atoms with Crippen LogP contribution >= 0.6 is 0 Å². The molecule has 0 saturated carbocycles. The summed E-state index contributed by atoms with van der Waals surface area (Å²) in [6.07, 6.45) is 3.03. The summed E-state index contributed by atoms with van der Waals surface area (Å²) in [4.78, 5) is 27.7. The zero-order chi connectivity index (χ0) is 19.4. The molecular formula is C18H15FN4O4. The van der Waals surface area contributed by atoms with E-state index in [9.17, 15) is 19.1 Å². The van der Waals surface area contributed by atoms with Crippen LogP contribution in [-0.4, -0.2) is 27.2 Å². The summed E-state index contributed by atoms with van der Waals surface area (Å²) in [6.45, 7) is 1.56. The third-order valence-electron chi connectivity index (χ3n) is 3.71. The van der Waals surface area contributed by atoms with Gasteiger partial charge in [-0.15, -0.1) is 0 Å². The molecule has 0 saturated heterocycles. The van der Waals surface area contributed by atoms with Crippen molar-refractivity contribution in [2.24, 2.45) is 0 Å². The second-order valence-corrected chi connectivity index (χ2v) is 5.64. The number of anilines is 1. The van der Waals surface area contributed by atoms with Crippen molar-refractivity contribution in [1.82, 2.24) is 15.5 Å². The van der Waals surface area contributed by atoms with E-state index in [2.05, 4.69) is 20.8 Å². The molecule has 0 spiro atoms. The summed E-state index contributed by atoms with van der Waals surface area (Å²) in [5.41, 5.74) is 0.718. The number of hydrogen-bond donors (Lipinski definition) is 3. The van der Waals surface area contributed by atoms with Crippen molar-refractivity contribution in [3.63, 3.8) is 0 Å². The number of benzene rings is 1. The number of pyridine rings is 1. The highest BCUT2D eigenvalue weighted by atomic mass is 19.1. The molecule has 8 nitrogen and oxygen atoms in total. The average Bonchev–Trinajstić information content (AvgIpc) is 3.08. The fourth-order valence-electron chi connectivity index (χ4n) is 2.48. The molecule has 2 amide bonds. The lowest BCUT2D eigenvalue weighted by Crippen LogP contribution is -2.31. The van der Waals surface area contributed by atoms with Gasteiger partial charge in [-0.2, -0.15) is 0 Å². The molecule has 1 atom stereocenters. The van der Waals surface area contributed by atoms with Gasteiger partial charge in [0.25, 0.3) is 0 Å². The fraction of sp³-hybridized carbons (Fsp3) is 0.111. The zero-order valence-electron chi connectivity index (χ0n) is 14.1. The number of carboxylic acid groups (broad SMARTS) is 1. The van der Waals surface area contributed by atoms with Crippen LogP contribution < -0.4 is 10.6 Å². The summed E-state index contributed by atoms with van der Waals surface area (Å²) < 4.78 is 18.3. The Morgan fingerprint density at radius 1 is 1.22 bits per heavy atom. The largest absolute Gasteiger partial charge is 0.477 e. The number of nitrogens with one attached hydrogen (secondary N) is 2. The Balaban J connectivity index is 1.82. The number of aromatic carboxylic acids is 1. The van der Waals surface area contributed by atoms with Crippen molar-refractivity contribution in [3.05, 3.63) is 65.9 Å². The van der Waals surface area contributed by atoms with Crippen LogP contribution in [0.1, 0.15) is 29.1 Å². The number of carbonyl (C=O) groups is 2. The molecule has 1 unspecified atom stereocenters. The zero-order valence-corrected chi connectivity index (χ0v) is 14.1. The Hall–Kier alpha value is -3.75. The Morgan fingerprint density at radius 2 is 1.96 bits per heavy atom. The Labute approximate surface area is 153 Å². The van der Waals surface area contributed by atoms with Crippen molar-refractivity contribution in [1.29, 1.82) is 0 Å². The Morgan fingerprint density at radius 3 is 2.59 bits per heavy atom. The van der Waals surface area contributed by atoms with Gasteiger partial charge in [0.05, 0.1) is 17.9 Å². The van der Waals surface area contributed by atoms with Crippen molar-refractivity contribution in [2.45, 2.75) is 13.0 Å². The molecule has 0 bridgehead atoms. The number of urea groups is 1. The van der Waals surface area contributed by atoms with Crippen LogP contribution in [-0.2, 0) is 0 Å². The molecule has 3 rings (SSSR count). The average molecular weight is 370 g/mol. The molecule has 3 aromatic rings. The van der Waals surface area contributed by atoms with E-state index in [-0.39, 0.29) is 17.0 Å². The third kappa shape index (κ3) is 4.09. The molecule has 3 N–H and O–H groups in total. The molecular weight excluding hydrogens is 355 g/mol. The summed E-state index contributed by atoms with van der Waals surface area (Å²) in [7, 11) is 0. The number of nitrogens with zero attached hydrogens (tertiary/aromatic N) is 2. The lowest BCUT2D eigenvalue weighted by atomic mass is 10.0. The van der Waals surface area contributed by atoms with Gasteiger partial charge in [-0.3, -0.25) is 4.98 Å². The van der Waals surface area contributed by atoms with Crippen molar-refractivity contribution in [3.8, 4) is 11.3 Å². The van der Waals surface area contributed by atoms with E-state index in [1.807, 2.05) is 0 Å². The SMILES string of the molecule is CC(NC(=O)Nc1cccnc1)c1onc(-c2ccc(F)cc2)c1C(=O)O. The predicted octanol–water partition coefficient (Wildman–Crippen LogP) is 3.46. The molecule has 1 aromatic carbocycles. The van der Waals surface area contributed by atoms with Gasteiger partial charge in [0.1, 0.15) is 17.1 Å². The molecule has 0 fully saturated rings. The molecule has 0 aliphatic heterocycles. The minimum atomic E-state index is -1.27. The minimum Gasteiger partial charge on any atom is -0.477 e. The second kappa shape index (κ2) is 7.65. The number of halogens is 1. The van der Waals surface area contributed by atoms with E-state index in [4.69, 9.17) is 4.52 Å². The number of hydrogen-bond acceptors (Lipinski definition) is 5. The van der Waals surface area contributed by atoms with E-state index in [1.54, 1.807) is 25.3 Å².